The first-order valence-corrected chi connectivity index (χ1v) is 12.2. The highest BCUT2D eigenvalue weighted by Gasteiger charge is 2.28. The molecule has 1 amide bonds. The van der Waals surface area contributed by atoms with E-state index in [1.54, 1.807) is 38.2 Å². The maximum atomic E-state index is 12.9. The molecule has 0 fully saturated rings. The lowest BCUT2D eigenvalue weighted by atomic mass is 10.1. The molecule has 12 heteroatoms. The Morgan fingerprint density at radius 3 is 2.60 bits per heavy atom. The normalized spacial score (nSPS) is 10.7. The fourth-order valence-electron chi connectivity index (χ4n) is 2.96. The lowest BCUT2D eigenvalue weighted by molar-refractivity contribution is 0.0506. The summed E-state index contributed by atoms with van der Waals surface area (Å²) in [5, 5.41) is 7.65. The van der Waals surface area contributed by atoms with Gasteiger partial charge in [-0.1, -0.05) is 36.2 Å². The van der Waals surface area contributed by atoms with Gasteiger partial charge < -0.3 is 19.5 Å². The number of halogens is 2. The van der Waals surface area contributed by atoms with Gasteiger partial charge >= 0.3 is 11.9 Å². The summed E-state index contributed by atoms with van der Waals surface area (Å²) >= 11 is 13.0. The van der Waals surface area contributed by atoms with E-state index in [-0.39, 0.29) is 46.1 Å². The highest BCUT2D eigenvalue weighted by Crippen LogP contribution is 2.35. The van der Waals surface area contributed by atoms with Gasteiger partial charge in [-0.05, 0) is 44.0 Å². The highest BCUT2D eigenvalue weighted by atomic mass is 35.5. The second-order valence-electron chi connectivity index (χ2n) is 7.14. The summed E-state index contributed by atoms with van der Waals surface area (Å²) in [6.07, 6.45) is 2.18. The zero-order chi connectivity index (χ0) is 25.5. The van der Waals surface area contributed by atoms with Gasteiger partial charge in [0.25, 0.3) is 5.91 Å². The zero-order valence-electron chi connectivity index (χ0n) is 19.2. The lowest BCUT2D eigenvalue weighted by Gasteiger charge is -2.09. The van der Waals surface area contributed by atoms with Crippen molar-refractivity contribution < 1.29 is 28.6 Å². The number of benzene rings is 1. The van der Waals surface area contributed by atoms with Crippen LogP contribution in [0.5, 0.6) is 5.75 Å². The summed E-state index contributed by atoms with van der Waals surface area (Å²) in [7, 11) is 0. The summed E-state index contributed by atoms with van der Waals surface area (Å²) in [4.78, 5) is 38.1. The summed E-state index contributed by atoms with van der Waals surface area (Å²) in [5.74, 6) is -1.42. The molecule has 186 valence electrons. The van der Waals surface area contributed by atoms with E-state index < -0.39 is 17.8 Å². The van der Waals surface area contributed by atoms with Crippen molar-refractivity contribution in [2.45, 2.75) is 33.9 Å². The zero-order valence-corrected chi connectivity index (χ0v) is 21.6. The molecule has 0 atom stereocenters. The van der Waals surface area contributed by atoms with Gasteiger partial charge in [0, 0.05) is 6.20 Å². The summed E-state index contributed by atoms with van der Waals surface area (Å²) in [5.41, 5.74) is 0.558. The summed E-state index contributed by atoms with van der Waals surface area (Å²) in [6, 6.07) is 6.48. The molecule has 0 aliphatic carbocycles. The van der Waals surface area contributed by atoms with E-state index in [4.69, 9.17) is 37.4 Å². The van der Waals surface area contributed by atoms with Crippen LogP contribution in [0.1, 0.15) is 56.3 Å². The molecule has 0 bridgehead atoms. The highest BCUT2D eigenvalue weighted by molar-refractivity contribution is 7.18. The van der Waals surface area contributed by atoms with Crippen molar-refractivity contribution in [1.29, 1.82) is 0 Å². The van der Waals surface area contributed by atoms with Crippen molar-refractivity contribution in [1.82, 2.24) is 9.78 Å². The molecule has 9 nitrogen and oxygen atoms in total. The number of carbonyl (C=O) groups is 3. The third-order valence-corrected chi connectivity index (χ3v) is 6.61. The minimum absolute atomic E-state index is 0.0208. The van der Waals surface area contributed by atoms with Crippen molar-refractivity contribution in [2.75, 3.05) is 18.5 Å². The molecule has 2 aromatic heterocycles. The molecular formula is C23H23Cl2N3O6S. The molecule has 0 unspecified atom stereocenters. The maximum absolute atomic E-state index is 12.9. The Morgan fingerprint density at radius 2 is 1.89 bits per heavy atom. The molecule has 1 N–H and O–H groups in total. The SMILES string of the molecule is CCCOC(=O)c1c(NC(=O)c2ccn(COc3cccc(Cl)c3Cl)n2)sc(C(=O)OCC)c1C. The third-order valence-electron chi connectivity index (χ3n) is 4.62. The minimum Gasteiger partial charge on any atom is -0.470 e. The second kappa shape index (κ2) is 12.1. The van der Waals surface area contributed by atoms with E-state index in [2.05, 4.69) is 10.4 Å². The second-order valence-corrected chi connectivity index (χ2v) is 8.94. The number of anilines is 1. The Labute approximate surface area is 215 Å². The monoisotopic (exact) mass is 539 g/mol. The van der Waals surface area contributed by atoms with Crippen LogP contribution in [0.3, 0.4) is 0 Å². The topological polar surface area (TPSA) is 109 Å². The van der Waals surface area contributed by atoms with Crippen molar-refractivity contribution in [3.63, 3.8) is 0 Å². The largest absolute Gasteiger partial charge is 0.470 e. The van der Waals surface area contributed by atoms with Crippen LogP contribution in [0.25, 0.3) is 0 Å². The van der Waals surface area contributed by atoms with Crippen molar-refractivity contribution in [2.24, 2.45) is 0 Å². The van der Waals surface area contributed by atoms with Crippen molar-refractivity contribution in [3.8, 4) is 5.75 Å². The van der Waals surface area contributed by atoms with E-state index in [1.165, 1.54) is 10.7 Å². The average Bonchev–Trinajstić information content (AvgIpc) is 3.43. The Hall–Kier alpha value is -3.08. The van der Waals surface area contributed by atoms with E-state index in [9.17, 15) is 14.4 Å². The maximum Gasteiger partial charge on any atom is 0.348 e. The average molecular weight is 540 g/mol. The van der Waals surface area contributed by atoms with Crippen LogP contribution in [0.4, 0.5) is 5.00 Å². The molecule has 3 aromatic rings. The quantitative estimate of drug-likeness (QED) is 0.334. The number of amides is 1. The van der Waals surface area contributed by atoms with Gasteiger partial charge in [-0.3, -0.25) is 4.79 Å². The van der Waals surface area contributed by atoms with Gasteiger partial charge in [0.15, 0.2) is 12.4 Å². The number of hydrogen-bond acceptors (Lipinski definition) is 8. The van der Waals surface area contributed by atoms with E-state index in [1.807, 2.05) is 6.92 Å². The Bertz CT molecular complexity index is 1240. The molecule has 0 saturated heterocycles. The third kappa shape index (κ3) is 6.33. The first kappa shape index (κ1) is 26.5. The van der Waals surface area contributed by atoms with E-state index in [0.29, 0.717) is 22.8 Å². The first-order valence-electron chi connectivity index (χ1n) is 10.7. The molecule has 3 rings (SSSR count). The fourth-order valence-corrected chi connectivity index (χ4v) is 4.39. The van der Waals surface area contributed by atoms with Gasteiger partial charge in [0.05, 0.1) is 23.8 Å². The molecule has 1 aromatic carbocycles. The van der Waals surface area contributed by atoms with Gasteiger partial charge in [-0.2, -0.15) is 5.10 Å². The van der Waals surface area contributed by atoms with E-state index in [0.717, 1.165) is 11.3 Å². The number of ether oxygens (including phenoxy) is 3. The lowest BCUT2D eigenvalue weighted by Crippen LogP contribution is -2.16. The van der Waals surface area contributed by atoms with Crippen LogP contribution in [0.2, 0.25) is 10.0 Å². The molecule has 0 radical (unpaired) electrons. The van der Waals surface area contributed by atoms with Gasteiger partial charge in [0.1, 0.15) is 20.7 Å². The number of rotatable bonds is 10. The number of nitrogens with one attached hydrogen (secondary N) is 1. The van der Waals surface area contributed by atoms with Crippen LogP contribution in [0.15, 0.2) is 30.5 Å². The predicted molar refractivity (Wildman–Crippen MR) is 133 cm³/mol. The van der Waals surface area contributed by atoms with Crippen LogP contribution in [0, 0.1) is 6.92 Å². The van der Waals surface area contributed by atoms with Gasteiger partial charge in [-0.15, -0.1) is 11.3 Å². The summed E-state index contributed by atoms with van der Waals surface area (Å²) < 4.78 is 17.3. The minimum atomic E-state index is -0.635. The number of hydrogen-bond donors (Lipinski definition) is 1. The molecule has 0 aliphatic heterocycles. The smallest absolute Gasteiger partial charge is 0.348 e. The summed E-state index contributed by atoms with van der Waals surface area (Å²) in [6.45, 7) is 5.51. The number of nitrogens with zero attached hydrogens (tertiary/aromatic N) is 2. The molecule has 0 spiro atoms. The van der Waals surface area contributed by atoms with Gasteiger partial charge in [-0.25, -0.2) is 14.3 Å². The Kier molecular flexibility index (Phi) is 9.13. The van der Waals surface area contributed by atoms with Crippen molar-refractivity contribution >= 4 is 57.4 Å². The predicted octanol–water partition coefficient (Wildman–Crippen LogP) is 5.59. The van der Waals surface area contributed by atoms with Gasteiger partial charge in [0.2, 0.25) is 0 Å². The Morgan fingerprint density at radius 1 is 1.11 bits per heavy atom. The van der Waals surface area contributed by atoms with Crippen molar-refractivity contribution in [3.05, 3.63) is 62.2 Å². The van der Waals surface area contributed by atoms with Crippen LogP contribution < -0.4 is 10.1 Å². The van der Waals surface area contributed by atoms with E-state index >= 15 is 0 Å². The molecule has 35 heavy (non-hydrogen) atoms. The first-order chi connectivity index (χ1) is 16.8. The van der Waals surface area contributed by atoms with Crippen LogP contribution in [-0.4, -0.2) is 40.8 Å². The number of aromatic nitrogens is 2. The van der Waals surface area contributed by atoms with Crippen LogP contribution in [-0.2, 0) is 16.2 Å². The standard InChI is InChI=1S/C23H23Cl2N3O6S/c1-4-11-33-22(30)17-13(3)19(23(31)32-5-2)35-21(17)26-20(29)15-9-10-28(27-15)12-34-16-8-6-7-14(24)18(16)25/h6-10H,4-5,11-12H2,1-3H3,(H,26,29). The number of thiophene rings is 1. The number of esters is 2. The molecule has 0 saturated carbocycles. The molecule has 2 heterocycles. The Balaban J connectivity index is 1.78. The van der Waals surface area contributed by atoms with Crippen LogP contribution >= 0.6 is 34.5 Å². The fraction of sp³-hybridized carbons (Fsp3) is 0.304. The number of carbonyl (C=O) groups excluding carboxylic acids is 3. The molecular weight excluding hydrogens is 517 g/mol. The molecule has 0 aliphatic rings.